The molecule has 0 unspecified atom stereocenters. The van der Waals surface area contributed by atoms with Gasteiger partial charge in [0.25, 0.3) is 5.91 Å². The van der Waals surface area contributed by atoms with Gasteiger partial charge in [0.1, 0.15) is 0 Å². The van der Waals surface area contributed by atoms with Gasteiger partial charge in [0.05, 0.1) is 12.8 Å². The van der Waals surface area contributed by atoms with E-state index in [2.05, 4.69) is 41.0 Å². The van der Waals surface area contributed by atoms with Crippen LogP contribution < -0.4 is 0 Å². The van der Waals surface area contributed by atoms with Crippen LogP contribution in [0.3, 0.4) is 0 Å². The van der Waals surface area contributed by atoms with Crippen molar-refractivity contribution in [1.82, 2.24) is 19.9 Å². The molecule has 0 spiro atoms. The number of benzene rings is 1. The fraction of sp³-hybridized carbons (Fsp3) is 0.381. The van der Waals surface area contributed by atoms with E-state index in [4.69, 9.17) is 8.94 Å². The Labute approximate surface area is 163 Å². The van der Waals surface area contributed by atoms with E-state index in [0.29, 0.717) is 43.0 Å². The summed E-state index contributed by atoms with van der Waals surface area (Å²) < 4.78 is 10.6. The van der Waals surface area contributed by atoms with Crippen molar-refractivity contribution in [3.8, 4) is 11.4 Å². The average molecular weight is 380 g/mol. The quantitative estimate of drug-likeness (QED) is 0.675. The number of carbonyl (C=O) groups excluding carboxylic acids is 1. The van der Waals surface area contributed by atoms with Crippen molar-refractivity contribution in [3.05, 3.63) is 59.9 Å². The number of piperazine rings is 1. The largest absolute Gasteiger partial charge is 0.459 e. The first-order chi connectivity index (χ1) is 13.6. The van der Waals surface area contributed by atoms with Crippen molar-refractivity contribution >= 4 is 5.91 Å². The first kappa shape index (κ1) is 18.4. The number of hydrogen-bond donors (Lipinski definition) is 0. The third-order valence-electron chi connectivity index (χ3n) is 5.05. The Morgan fingerprint density at radius 1 is 1.11 bits per heavy atom. The molecule has 0 atom stereocenters. The van der Waals surface area contributed by atoms with Gasteiger partial charge in [-0.05, 0) is 23.6 Å². The zero-order chi connectivity index (χ0) is 19.5. The van der Waals surface area contributed by atoms with Gasteiger partial charge in [0.2, 0.25) is 11.7 Å². The molecule has 1 saturated heterocycles. The highest BCUT2D eigenvalue weighted by atomic mass is 16.5. The monoisotopic (exact) mass is 380 g/mol. The zero-order valence-corrected chi connectivity index (χ0v) is 16.2. The second-order valence-corrected chi connectivity index (χ2v) is 7.33. The lowest BCUT2D eigenvalue weighted by atomic mass is 10.0. The van der Waals surface area contributed by atoms with E-state index < -0.39 is 0 Å². The Hall–Kier alpha value is -2.93. The van der Waals surface area contributed by atoms with Crippen LogP contribution in [-0.4, -0.2) is 52.0 Å². The van der Waals surface area contributed by atoms with Gasteiger partial charge in [0, 0.05) is 31.7 Å². The molecule has 0 bridgehead atoms. The lowest BCUT2D eigenvalue weighted by Gasteiger charge is -2.33. The van der Waals surface area contributed by atoms with E-state index >= 15 is 0 Å². The van der Waals surface area contributed by atoms with E-state index in [0.717, 1.165) is 18.7 Å². The number of nitrogens with zero attached hydrogens (tertiary/aromatic N) is 4. The normalized spacial score (nSPS) is 15.3. The summed E-state index contributed by atoms with van der Waals surface area (Å²) in [6.07, 6.45) is 1.52. The summed E-state index contributed by atoms with van der Waals surface area (Å²) >= 11 is 0. The predicted octanol–water partition coefficient (Wildman–Crippen LogP) is 3.41. The van der Waals surface area contributed by atoms with E-state index in [1.165, 1.54) is 11.8 Å². The second-order valence-electron chi connectivity index (χ2n) is 7.33. The van der Waals surface area contributed by atoms with Crippen LogP contribution in [0.15, 0.2) is 51.6 Å². The Balaban J connectivity index is 1.33. The molecule has 28 heavy (non-hydrogen) atoms. The van der Waals surface area contributed by atoms with Gasteiger partial charge in [-0.25, -0.2) is 0 Å². The molecule has 0 N–H and O–H groups in total. The Morgan fingerprint density at radius 2 is 1.86 bits per heavy atom. The van der Waals surface area contributed by atoms with Gasteiger partial charge in [-0.2, -0.15) is 4.98 Å². The lowest BCUT2D eigenvalue weighted by Crippen LogP contribution is -2.48. The second kappa shape index (κ2) is 7.98. The number of aromatic nitrogens is 2. The maximum absolute atomic E-state index is 12.3. The summed E-state index contributed by atoms with van der Waals surface area (Å²) in [6.45, 7) is 7.74. The predicted molar refractivity (Wildman–Crippen MR) is 104 cm³/mol. The fourth-order valence-corrected chi connectivity index (χ4v) is 3.31. The molecule has 0 aliphatic carbocycles. The minimum Gasteiger partial charge on any atom is -0.459 e. The highest BCUT2D eigenvalue weighted by Crippen LogP contribution is 2.21. The summed E-state index contributed by atoms with van der Waals surface area (Å²) in [5, 5.41) is 4.11. The molecule has 1 aliphatic heterocycles. The maximum Gasteiger partial charge on any atom is 0.289 e. The summed E-state index contributed by atoms with van der Waals surface area (Å²) in [6, 6.07) is 11.7. The molecule has 1 fully saturated rings. The lowest BCUT2D eigenvalue weighted by molar-refractivity contribution is 0.0585. The first-order valence-electron chi connectivity index (χ1n) is 9.58. The van der Waals surface area contributed by atoms with Crippen LogP contribution in [0.5, 0.6) is 0 Å². The molecular weight excluding hydrogens is 356 g/mol. The molecule has 3 aromatic rings. The van der Waals surface area contributed by atoms with Crippen LogP contribution in [0.1, 0.15) is 41.8 Å². The van der Waals surface area contributed by atoms with Gasteiger partial charge < -0.3 is 13.8 Å². The van der Waals surface area contributed by atoms with Crippen LogP contribution >= 0.6 is 0 Å². The van der Waals surface area contributed by atoms with Crippen LogP contribution in [0.2, 0.25) is 0 Å². The van der Waals surface area contributed by atoms with E-state index in [-0.39, 0.29) is 5.91 Å². The zero-order valence-electron chi connectivity index (χ0n) is 16.2. The third-order valence-corrected chi connectivity index (χ3v) is 5.05. The molecular formula is C21H24N4O3. The molecule has 4 rings (SSSR count). The molecule has 0 saturated carbocycles. The molecule has 7 nitrogen and oxygen atoms in total. The molecule has 0 radical (unpaired) electrons. The van der Waals surface area contributed by atoms with Crippen molar-refractivity contribution in [2.75, 3.05) is 26.2 Å². The Morgan fingerprint density at radius 3 is 2.50 bits per heavy atom. The topological polar surface area (TPSA) is 75.6 Å². The summed E-state index contributed by atoms with van der Waals surface area (Å²) in [5.74, 6) is 2.02. The summed E-state index contributed by atoms with van der Waals surface area (Å²) in [5.41, 5.74) is 2.24. The van der Waals surface area contributed by atoms with Crippen LogP contribution in [0.4, 0.5) is 0 Å². The van der Waals surface area contributed by atoms with Crippen molar-refractivity contribution in [2.45, 2.75) is 26.3 Å². The smallest absolute Gasteiger partial charge is 0.289 e. The van der Waals surface area contributed by atoms with Crippen LogP contribution in [0.25, 0.3) is 11.4 Å². The van der Waals surface area contributed by atoms with E-state index in [9.17, 15) is 4.79 Å². The summed E-state index contributed by atoms with van der Waals surface area (Å²) in [7, 11) is 0. The molecule has 2 aromatic heterocycles. The minimum atomic E-state index is -0.0606. The Kier molecular flexibility index (Phi) is 5.25. The van der Waals surface area contributed by atoms with Crippen LogP contribution in [0, 0.1) is 0 Å². The third kappa shape index (κ3) is 3.99. The minimum absolute atomic E-state index is 0.0606. The number of amides is 1. The average Bonchev–Trinajstić information content (AvgIpc) is 3.40. The number of hydrogen-bond acceptors (Lipinski definition) is 6. The van der Waals surface area contributed by atoms with Gasteiger partial charge in [0.15, 0.2) is 5.76 Å². The van der Waals surface area contributed by atoms with E-state index in [1.807, 2.05) is 17.0 Å². The highest BCUT2D eigenvalue weighted by Gasteiger charge is 2.24. The standard InChI is InChI=1S/C21H24N4O3/c1-15(2)16-5-7-17(8-6-16)20-22-19(28-23-20)14-24-9-11-25(12-10-24)21(26)18-4-3-13-27-18/h3-8,13,15H,9-12,14H2,1-2H3. The number of furan rings is 1. The molecule has 1 aliphatic rings. The van der Waals surface area contributed by atoms with Crippen molar-refractivity contribution < 1.29 is 13.7 Å². The molecule has 7 heteroatoms. The van der Waals surface area contributed by atoms with Crippen molar-refractivity contribution in [2.24, 2.45) is 0 Å². The van der Waals surface area contributed by atoms with Gasteiger partial charge >= 0.3 is 0 Å². The fourth-order valence-electron chi connectivity index (χ4n) is 3.31. The number of carbonyl (C=O) groups is 1. The van der Waals surface area contributed by atoms with E-state index in [1.54, 1.807) is 12.1 Å². The van der Waals surface area contributed by atoms with Gasteiger partial charge in [-0.15, -0.1) is 0 Å². The molecule has 146 valence electrons. The van der Waals surface area contributed by atoms with Gasteiger partial charge in [-0.3, -0.25) is 9.69 Å². The molecule has 1 aromatic carbocycles. The highest BCUT2D eigenvalue weighted by molar-refractivity contribution is 5.91. The maximum atomic E-state index is 12.3. The summed E-state index contributed by atoms with van der Waals surface area (Å²) in [4.78, 5) is 20.9. The number of rotatable bonds is 5. The van der Waals surface area contributed by atoms with Crippen molar-refractivity contribution in [3.63, 3.8) is 0 Å². The van der Waals surface area contributed by atoms with Crippen molar-refractivity contribution in [1.29, 1.82) is 0 Å². The SMILES string of the molecule is CC(C)c1ccc(-c2noc(CN3CCN(C(=O)c4ccco4)CC3)n2)cc1. The molecule has 1 amide bonds. The van der Waals surface area contributed by atoms with Gasteiger partial charge in [-0.1, -0.05) is 43.3 Å². The van der Waals surface area contributed by atoms with Crippen LogP contribution in [-0.2, 0) is 6.54 Å². The molecule has 3 heterocycles. The Bertz CT molecular complexity index is 908. The first-order valence-corrected chi connectivity index (χ1v) is 9.58.